The van der Waals surface area contributed by atoms with E-state index in [0.29, 0.717) is 22.4 Å². The van der Waals surface area contributed by atoms with Gasteiger partial charge in [0.05, 0.1) is 11.3 Å². The Morgan fingerprint density at radius 3 is 2.89 bits per heavy atom. The molecule has 0 amide bonds. The summed E-state index contributed by atoms with van der Waals surface area (Å²) in [5, 5.41) is 16.7. The maximum absolute atomic E-state index is 11.1. The Labute approximate surface area is 116 Å². The Kier molecular flexibility index (Phi) is 4.03. The van der Waals surface area contributed by atoms with Gasteiger partial charge in [-0.05, 0) is 18.2 Å². The van der Waals surface area contributed by atoms with Gasteiger partial charge in [-0.15, -0.1) is 22.0 Å². The molecule has 0 unspecified atom stereocenters. The van der Waals surface area contributed by atoms with Crippen LogP contribution in [0.5, 0.6) is 0 Å². The summed E-state index contributed by atoms with van der Waals surface area (Å²) in [4.78, 5) is 11.7. The average molecular weight is 329 g/mol. The second-order valence-corrected chi connectivity index (χ2v) is 5.38. The SMILES string of the molecule is Cc1nnc(CSc2cc(Br)ccc2C(=O)O)o1. The number of aromatic nitrogens is 2. The van der Waals surface area contributed by atoms with Crippen LogP contribution in [-0.2, 0) is 5.75 Å². The molecule has 0 radical (unpaired) electrons. The van der Waals surface area contributed by atoms with Crippen LogP contribution in [0.4, 0.5) is 0 Å². The van der Waals surface area contributed by atoms with E-state index in [4.69, 9.17) is 9.52 Å². The van der Waals surface area contributed by atoms with Gasteiger partial charge < -0.3 is 9.52 Å². The molecule has 1 aromatic heterocycles. The first-order chi connectivity index (χ1) is 8.56. The number of aromatic carboxylic acids is 1. The molecule has 0 bridgehead atoms. The highest BCUT2D eigenvalue weighted by Crippen LogP contribution is 2.29. The molecule has 5 nitrogen and oxygen atoms in total. The summed E-state index contributed by atoms with van der Waals surface area (Å²) >= 11 is 4.67. The summed E-state index contributed by atoms with van der Waals surface area (Å²) in [6.45, 7) is 1.71. The lowest BCUT2D eigenvalue weighted by Gasteiger charge is -2.04. The molecule has 0 aliphatic heterocycles. The number of carboxylic acids is 1. The van der Waals surface area contributed by atoms with E-state index in [-0.39, 0.29) is 5.56 Å². The fourth-order valence-corrected chi connectivity index (χ4v) is 2.76. The van der Waals surface area contributed by atoms with Gasteiger partial charge >= 0.3 is 5.97 Å². The Hall–Kier alpha value is -1.34. The quantitative estimate of drug-likeness (QED) is 0.869. The molecule has 0 spiro atoms. The van der Waals surface area contributed by atoms with E-state index >= 15 is 0 Å². The molecule has 1 aromatic carbocycles. The second-order valence-electron chi connectivity index (χ2n) is 3.45. The van der Waals surface area contributed by atoms with Crippen LogP contribution >= 0.6 is 27.7 Å². The number of aryl methyl sites for hydroxylation is 1. The number of rotatable bonds is 4. The largest absolute Gasteiger partial charge is 0.478 e. The molecule has 0 saturated carbocycles. The summed E-state index contributed by atoms with van der Waals surface area (Å²) in [5.41, 5.74) is 0.263. The summed E-state index contributed by atoms with van der Waals surface area (Å²) < 4.78 is 6.06. The predicted molar refractivity (Wildman–Crippen MR) is 69.7 cm³/mol. The van der Waals surface area contributed by atoms with Crippen LogP contribution in [0.25, 0.3) is 0 Å². The Morgan fingerprint density at radius 1 is 1.50 bits per heavy atom. The highest BCUT2D eigenvalue weighted by Gasteiger charge is 2.12. The van der Waals surface area contributed by atoms with Crippen molar-refractivity contribution in [3.05, 3.63) is 40.0 Å². The first-order valence-electron chi connectivity index (χ1n) is 5.01. The normalized spacial score (nSPS) is 10.6. The lowest BCUT2D eigenvalue weighted by Crippen LogP contribution is -1.98. The minimum Gasteiger partial charge on any atom is -0.478 e. The Balaban J connectivity index is 2.17. The van der Waals surface area contributed by atoms with Gasteiger partial charge in [-0.25, -0.2) is 4.79 Å². The number of carboxylic acid groups (broad SMARTS) is 1. The van der Waals surface area contributed by atoms with Crippen molar-refractivity contribution in [3.8, 4) is 0 Å². The number of halogens is 1. The van der Waals surface area contributed by atoms with Crippen LogP contribution < -0.4 is 0 Å². The first kappa shape index (κ1) is 13.1. The van der Waals surface area contributed by atoms with E-state index in [9.17, 15) is 4.79 Å². The topological polar surface area (TPSA) is 76.2 Å². The summed E-state index contributed by atoms with van der Waals surface area (Å²) in [6.07, 6.45) is 0. The first-order valence-corrected chi connectivity index (χ1v) is 6.79. The van der Waals surface area contributed by atoms with Gasteiger partial charge in [0.15, 0.2) is 0 Å². The van der Waals surface area contributed by atoms with E-state index in [0.717, 1.165) is 4.47 Å². The maximum Gasteiger partial charge on any atom is 0.336 e. The van der Waals surface area contributed by atoms with Crippen molar-refractivity contribution in [2.75, 3.05) is 0 Å². The number of thioether (sulfide) groups is 1. The van der Waals surface area contributed by atoms with Gasteiger partial charge in [0.2, 0.25) is 11.8 Å². The molecule has 2 aromatic rings. The van der Waals surface area contributed by atoms with Gasteiger partial charge in [0, 0.05) is 16.3 Å². The lowest BCUT2D eigenvalue weighted by molar-refractivity contribution is 0.0693. The maximum atomic E-state index is 11.1. The second kappa shape index (κ2) is 5.53. The third-order valence-corrected chi connectivity index (χ3v) is 3.63. The molecule has 0 aliphatic rings. The van der Waals surface area contributed by atoms with Crippen LogP contribution in [0.1, 0.15) is 22.1 Å². The zero-order valence-corrected chi connectivity index (χ0v) is 11.8. The molecule has 0 saturated heterocycles. The Morgan fingerprint density at radius 2 is 2.28 bits per heavy atom. The highest BCUT2D eigenvalue weighted by molar-refractivity contribution is 9.10. The summed E-state index contributed by atoms with van der Waals surface area (Å²) in [5.74, 6) is 0.469. The highest BCUT2D eigenvalue weighted by atomic mass is 79.9. The molecular weight excluding hydrogens is 320 g/mol. The monoisotopic (exact) mass is 328 g/mol. The van der Waals surface area contributed by atoms with Gasteiger partial charge in [-0.1, -0.05) is 15.9 Å². The molecule has 0 fully saturated rings. The summed E-state index contributed by atoms with van der Waals surface area (Å²) in [6, 6.07) is 5.02. The van der Waals surface area contributed by atoms with Gasteiger partial charge in [-0.2, -0.15) is 0 Å². The number of hydrogen-bond donors (Lipinski definition) is 1. The fraction of sp³-hybridized carbons (Fsp3) is 0.182. The van der Waals surface area contributed by atoms with E-state index in [1.807, 2.05) is 0 Å². The van der Waals surface area contributed by atoms with Crippen molar-refractivity contribution in [2.45, 2.75) is 17.6 Å². The fourth-order valence-electron chi connectivity index (χ4n) is 1.33. The summed E-state index contributed by atoms with van der Waals surface area (Å²) in [7, 11) is 0. The number of benzene rings is 1. The molecule has 2 rings (SSSR count). The molecule has 0 atom stereocenters. The third-order valence-electron chi connectivity index (χ3n) is 2.09. The smallest absolute Gasteiger partial charge is 0.336 e. The van der Waals surface area contributed by atoms with Crippen molar-refractivity contribution in [2.24, 2.45) is 0 Å². The minimum atomic E-state index is -0.952. The number of hydrogen-bond acceptors (Lipinski definition) is 5. The molecule has 94 valence electrons. The van der Waals surface area contributed by atoms with Crippen LogP contribution in [0.15, 0.2) is 32.0 Å². The zero-order valence-electron chi connectivity index (χ0n) is 9.38. The van der Waals surface area contributed by atoms with Crippen molar-refractivity contribution >= 4 is 33.7 Å². The van der Waals surface area contributed by atoms with E-state index in [1.54, 1.807) is 25.1 Å². The number of nitrogens with zero attached hydrogens (tertiary/aromatic N) is 2. The standard InChI is InChI=1S/C11H9BrN2O3S/c1-6-13-14-10(17-6)5-18-9-4-7(12)2-3-8(9)11(15)16/h2-4H,5H2,1H3,(H,15,16). The molecule has 18 heavy (non-hydrogen) atoms. The van der Waals surface area contributed by atoms with E-state index < -0.39 is 5.97 Å². The van der Waals surface area contributed by atoms with Crippen LogP contribution in [0.3, 0.4) is 0 Å². The van der Waals surface area contributed by atoms with Crippen molar-refractivity contribution in [1.82, 2.24) is 10.2 Å². The average Bonchev–Trinajstić information content (AvgIpc) is 2.72. The van der Waals surface area contributed by atoms with Gasteiger partial charge in [-0.3, -0.25) is 0 Å². The third kappa shape index (κ3) is 3.11. The van der Waals surface area contributed by atoms with E-state index in [2.05, 4.69) is 26.1 Å². The molecular formula is C11H9BrN2O3S. The molecule has 1 N–H and O–H groups in total. The number of carbonyl (C=O) groups is 1. The predicted octanol–water partition coefficient (Wildman–Crippen LogP) is 3.13. The molecule has 0 aliphatic carbocycles. The van der Waals surface area contributed by atoms with E-state index in [1.165, 1.54) is 11.8 Å². The van der Waals surface area contributed by atoms with Gasteiger partial charge in [0.25, 0.3) is 0 Å². The van der Waals surface area contributed by atoms with Crippen molar-refractivity contribution in [3.63, 3.8) is 0 Å². The lowest BCUT2D eigenvalue weighted by atomic mass is 10.2. The zero-order chi connectivity index (χ0) is 13.1. The Bertz CT molecular complexity index is 585. The van der Waals surface area contributed by atoms with Crippen LogP contribution in [0.2, 0.25) is 0 Å². The van der Waals surface area contributed by atoms with Gasteiger partial charge in [0.1, 0.15) is 0 Å². The van der Waals surface area contributed by atoms with Crippen molar-refractivity contribution in [1.29, 1.82) is 0 Å². The minimum absolute atomic E-state index is 0.263. The molecule has 1 heterocycles. The van der Waals surface area contributed by atoms with Crippen molar-refractivity contribution < 1.29 is 14.3 Å². The van der Waals surface area contributed by atoms with Crippen LogP contribution in [-0.4, -0.2) is 21.3 Å². The molecule has 7 heteroatoms. The van der Waals surface area contributed by atoms with Crippen LogP contribution in [0, 0.1) is 6.92 Å².